The fourth-order valence-corrected chi connectivity index (χ4v) is 2.44. The summed E-state index contributed by atoms with van der Waals surface area (Å²) in [6.45, 7) is 0.592. The minimum Gasteiger partial charge on any atom is -0.481 e. The van der Waals surface area contributed by atoms with Crippen LogP contribution in [0.2, 0.25) is 0 Å². The van der Waals surface area contributed by atoms with Crippen LogP contribution < -0.4 is 14.8 Å². The predicted octanol–water partition coefficient (Wildman–Crippen LogP) is 1.61. The lowest BCUT2D eigenvalue weighted by atomic mass is 10.2. The summed E-state index contributed by atoms with van der Waals surface area (Å²) < 4.78 is 30.5. The van der Waals surface area contributed by atoms with Crippen molar-refractivity contribution in [3.63, 3.8) is 0 Å². The summed E-state index contributed by atoms with van der Waals surface area (Å²) in [4.78, 5) is 4.35. The number of pyridine rings is 1. The summed E-state index contributed by atoms with van der Waals surface area (Å²) in [5.41, 5.74) is 1.84. The molecule has 0 aliphatic rings. The summed E-state index contributed by atoms with van der Waals surface area (Å²) in [7, 11) is -0.434. The van der Waals surface area contributed by atoms with Gasteiger partial charge in [0.2, 0.25) is 15.9 Å². The van der Waals surface area contributed by atoms with Gasteiger partial charge in [-0.05, 0) is 36.9 Å². The molecule has 0 spiro atoms. The van der Waals surface area contributed by atoms with Gasteiger partial charge in [-0.25, -0.2) is 18.1 Å². The predicted molar refractivity (Wildman–Crippen MR) is 80.8 cm³/mol. The lowest BCUT2D eigenvalue weighted by molar-refractivity contribution is 0.397. The smallest absolute Gasteiger partial charge is 0.240 e. The molecule has 1 aromatic carbocycles. The van der Waals surface area contributed by atoms with E-state index < -0.39 is 10.0 Å². The number of benzene rings is 1. The zero-order valence-electron chi connectivity index (χ0n) is 11.8. The molecule has 2 N–H and O–H groups in total. The number of methoxy groups -OCH3 is 1. The minimum absolute atomic E-state index is 0.238. The lowest BCUT2D eigenvalue weighted by Gasteiger charge is -2.08. The Morgan fingerprint density at radius 3 is 2.38 bits per heavy atom. The van der Waals surface area contributed by atoms with Crippen LogP contribution in [-0.4, -0.2) is 27.6 Å². The maximum absolute atomic E-state index is 11.6. The number of rotatable bonds is 6. The van der Waals surface area contributed by atoms with E-state index >= 15 is 0 Å². The molecular formula is C14H17N3O3S. The van der Waals surface area contributed by atoms with E-state index in [4.69, 9.17) is 4.74 Å². The number of nitrogens with zero attached hydrogens (tertiary/aromatic N) is 1. The molecule has 21 heavy (non-hydrogen) atoms. The quantitative estimate of drug-likeness (QED) is 0.847. The van der Waals surface area contributed by atoms with E-state index in [9.17, 15) is 8.42 Å². The Bertz CT molecular complexity index is 682. The number of hydrogen-bond acceptors (Lipinski definition) is 5. The zero-order valence-corrected chi connectivity index (χ0v) is 12.6. The molecule has 6 nitrogen and oxygen atoms in total. The van der Waals surface area contributed by atoms with Crippen molar-refractivity contribution in [3.8, 4) is 5.88 Å². The first-order valence-corrected chi connectivity index (χ1v) is 7.80. The molecule has 0 saturated carbocycles. The number of aromatic nitrogens is 1. The van der Waals surface area contributed by atoms with Crippen LogP contribution in [0.5, 0.6) is 5.88 Å². The van der Waals surface area contributed by atoms with Crippen LogP contribution in [0.4, 0.5) is 5.69 Å². The average Bonchev–Trinajstić information content (AvgIpc) is 2.54. The van der Waals surface area contributed by atoms with Crippen LogP contribution in [0.25, 0.3) is 0 Å². The SMILES string of the molecule is CNS(=O)(=O)c1ccc(NCc2ccc(OC)nc2)cc1. The third-order valence-corrected chi connectivity index (χ3v) is 4.37. The molecule has 0 radical (unpaired) electrons. The lowest BCUT2D eigenvalue weighted by Crippen LogP contribution is -2.18. The number of sulfonamides is 1. The second kappa shape index (κ2) is 6.55. The maximum Gasteiger partial charge on any atom is 0.240 e. The van der Waals surface area contributed by atoms with E-state index in [1.165, 1.54) is 7.05 Å². The Hall–Kier alpha value is -2.12. The minimum atomic E-state index is -3.39. The Kier molecular flexibility index (Phi) is 4.77. The van der Waals surface area contributed by atoms with Crippen molar-refractivity contribution in [1.82, 2.24) is 9.71 Å². The molecule has 2 rings (SSSR count). The van der Waals surface area contributed by atoms with Crippen LogP contribution >= 0.6 is 0 Å². The van der Waals surface area contributed by atoms with Crippen LogP contribution in [0.3, 0.4) is 0 Å². The molecule has 0 fully saturated rings. The van der Waals surface area contributed by atoms with Crippen LogP contribution in [-0.2, 0) is 16.6 Å². The van der Waals surface area contributed by atoms with Gasteiger partial charge in [0.25, 0.3) is 0 Å². The highest BCUT2D eigenvalue weighted by Gasteiger charge is 2.10. The van der Waals surface area contributed by atoms with E-state index in [1.807, 2.05) is 6.07 Å². The maximum atomic E-state index is 11.6. The molecule has 112 valence electrons. The van der Waals surface area contributed by atoms with E-state index in [-0.39, 0.29) is 4.90 Å². The second-order valence-electron chi connectivity index (χ2n) is 4.29. The van der Waals surface area contributed by atoms with Gasteiger partial charge in [-0.2, -0.15) is 0 Å². The first-order chi connectivity index (χ1) is 10.0. The van der Waals surface area contributed by atoms with Gasteiger partial charge in [0.1, 0.15) is 0 Å². The molecule has 0 unspecified atom stereocenters. The highest BCUT2D eigenvalue weighted by atomic mass is 32.2. The van der Waals surface area contributed by atoms with Crippen LogP contribution in [0.1, 0.15) is 5.56 Å². The third-order valence-electron chi connectivity index (χ3n) is 2.94. The highest BCUT2D eigenvalue weighted by molar-refractivity contribution is 7.89. The number of hydrogen-bond donors (Lipinski definition) is 2. The molecule has 0 atom stereocenters. The summed E-state index contributed by atoms with van der Waals surface area (Å²) in [6.07, 6.45) is 1.73. The fraction of sp³-hybridized carbons (Fsp3) is 0.214. The van der Waals surface area contributed by atoms with Crippen molar-refractivity contribution < 1.29 is 13.2 Å². The van der Waals surface area contributed by atoms with Crippen molar-refractivity contribution in [2.45, 2.75) is 11.4 Å². The van der Waals surface area contributed by atoms with E-state index in [1.54, 1.807) is 43.6 Å². The van der Waals surface area contributed by atoms with Gasteiger partial charge in [0.15, 0.2) is 0 Å². The molecule has 7 heteroatoms. The summed E-state index contributed by atoms with van der Waals surface area (Å²) in [6, 6.07) is 10.3. The van der Waals surface area contributed by atoms with Crippen molar-refractivity contribution in [1.29, 1.82) is 0 Å². The second-order valence-corrected chi connectivity index (χ2v) is 6.18. The third kappa shape index (κ3) is 3.93. The molecule has 0 amide bonds. The number of ether oxygens (including phenoxy) is 1. The van der Waals surface area contributed by atoms with E-state index in [0.29, 0.717) is 12.4 Å². The monoisotopic (exact) mass is 307 g/mol. The summed E-state index contributed by atoms with van der Waals surface area (Å²) >= 11 is 0. The van der Waals surface area contributed by atoms with Crippen LogP contribution in [0.15, 0.2) is 47.5 Å². The summed E-state index contributed by atoms with van der Waals surface area (Å²) in [5.74, 6) is 0.570. The Morgan fingerprint density at radius 1 is 1.14 bits per heavy atom. The fourth-order valence-electron chi connectivity index (χ4n) is 1.71. The summed E-state index contributed by atoms with van der Waals surface area (Å²) in [5, 5.41) is 3.20. The molecule has 0 aliphatic heterocycles. The molecular weight excluding hydrogens is 290 g/mol. The molecule has 1 aromatic heterocycles. The van der Waals surface area contributed by atoms with Crippen molar-refractivity contribution in [2.24, 2.45) is 0 Å². The van der Waals surface area contributed by atoms with Gasteiger partial charge in [-0.15, -0.1) is 0 Å². The molecule has 2 aromatic rings. The Morgan fingerprint density at radius 2 is 1.86 bits per heavy atom. The molecule has 0 saturated heterocycles. The molecule has 0 bridgehead atoms. The van der Waals surface area contributed by atoms with Crippen LogP contribution in [0, 0.1) is 0 Å². The first-order valence-electron chi connectivity index (χ1n) is 6.31. The van der Waals surface area contributed by atoms with Crippen molar-refractivity contribution in [2.75, 3.05) is 19.5 Å². The van der Waals surface area contributed by atoms with Crippen molar-refractivity contribution in [3.05, 3.63) is 48.2 Å². The van der Waals surface area contributed by atoms with Gasteiger partial charge < -0.3 is 10.1 Å². The normalized spacial score (nSPS) is 11.1. The van der Waals surface area contributed by atoms with Crippen molar-refractivity contribution >= 4 is 15.7 Å². The van der Waals surface area contributed by atoms with E-state index in [0.717, 1.165) is 11.3 Å². The van der Waals surface area contributed by atoms with E-state index in [2.05, 4.69) is 15.0 Å². The van der Waals surface area contributed by atoms with Gasteiger partial charge in [0, 0.05) is 24.5 Å². The topological polar surface area (TPSA) is 80.3 Å². The largest absolute Gasteiger partial charge is 0.481 e. The molecule has 1 heterocycles. The standard InChI is InChI=1S/C14H17N3O3S/c1-15-21(18,19)13-6-4-12(5-7-13)16-9-11-3-8-14(20-2)17-10-11/h3-8,10,15-16H,9H2,1-2H3. The van der Waals surface area contributed by atoms with Gasteiger partial charge in [-0.3, -0.25) is 0 Å². The average molecular weight is 307 g/mol. The first kappa shape index (κ1) is 15.3. The Balaban J connectivity index is 2.00. The highest BCUT2D eigenvalue weighted by Crippen LogP contribution is 2.15. The Labute approximate surface area is 124 Å². The number of anilines is 1. The molecule has 0 aliphatic carbocycles. The van der Waals surface area contributed by atoms with Gasteiger partial charge >= 0.3 is 0 Å². The zero-order chi connectivity index (χ0) is 15.3. The van der Waals surface area contributed by atoms with Gasteiger partial charge in [0.05, 0.1) is 12.0 Å². The van der Waals surface area contributed by atoms with Gasteiger partial charge in [-0.1, -0.05) is 6.07 Å². The number of nitrogens with one attached hydrogen (secondary N) is 2.